The van der Waals surface area contributed by atoms with Crippen LogP contribution in [-0.4, -0.2) is 40.7 Å². The molecule has 1 saturated carbocycles. The van der Waals surface area contributed by atoms with Gasteiger partial charge in [0.25, 0.3) is 5.91 Å². The van der Waals surface area contributed by atoms with E-state index in [9.17, 15) is 4.79 Å². The van der Waals surface area contributed by atoms with Gasteiger partial charge in [-0.2, -0.15) is 0 Å². The van der Waals surface area contributed by atoms with Crippen LogP contribution in [0.25, 0.3) is 0 Å². The zero-order chi connectivity index (χ0) is 29.4. The van der Waals surface area contributed by atoms with E-state index in [1.54, 1.807) is 18.2 Å². The van der Waals surface area contributed by atoms with Crippen molar-refractivity contribution in [1.82, 2.24) is 10.2 Å². The predicted octanol–water partition coefficient (Wildman–Crippen LogP) is 7.39. The summed E-state index contributed by atoms with van der Waals surface area (Å²) in [7, 11) is 0. The fourth-order valence-electron chi connectivity index (χ4n) is 7.06. The third-order valence-corrected chi connectivity index (χ3v) is 9.81. The van der Waals surface area contributed by atoms with Gasteiger partial charge in [0, 0.05) is 45.5 Å². The number of carbonyl (C=O) groups is 1. The van der Waals surface area contributed by atoms with Crippen LogP contribution in [0.1, 0.15) is 91.9 Å². The van der Waals surface area contributed by atoms with Crippen molar-refractivity contribution in [2.24, 2.45) is 5.92 Å². The van der Waals surface area contributed by atoms with E-state index < -0.39 is 0 Å². The number of anilines is 1. The molecule has 0 aromatic heterocycles. The molecule has 2 aliphatic heterocycles. The second-order valence-corrected chi connectivity index (χ2v) is 13.0. The number of nitrogens with one attached hydrogen (secondary N) is 2. The van der Waals surface area contributed by atoms with Gasteiger partial charge in [0.1, 0.15) is 11.9 Å². The van der Waals surface area contributed by atoms with Gasteiger partial charge in [-0.25, -0.2) is 0 Å². The summed E-state index contributed by atoms with van der Waals surface area (Å²) in [6, 6.07) is 22.3. The highest BCUT2D eigenvalue weighted by Gasteiger charge is 2.45. The Hall–Kier alpha value is -3.35. The lowest BCUT2D eigenvalue weighted by atomic mass is 9.87. The average molecular weight is 585 g/mol. The number of hydrogen-bond acceptors (Lipinski definition) is 5. The number of carbonyl (C=O) groups excluding carboxylic acids is 1. The Morgan fingerprint density at radius 1 is 0.952 bits per heavy atom. The first-order valence-corrected chi connectivity index (χ1v) is 15.7. The largest absolute Gasteiger partial charge is 0.490 e. The number of rotatable bonds is 9. The minimum Gasteiger partial charge on any atom is -0.490 e. The van der Waals surface area contributed by atoms with Crippen molar-refractivity contribution in [1.29, 1.82) is 5.41 Å². The maximum absolute atomic E-state index is 13.3. The van der Waals surface area contributed by atoms with Gasteiger partial charge in [0.15, 0.2) is 0 Å². The minimum atomic E-state index is -0.250. The van der Waals surface area contributed by atoms with E-state index >= 15 is 0 Å². The van der Waals surface area contributed by atoms with Crippen molar-refractivity contribution in [3.8, 4) is 5.75 Å². The van der Waals surface area contributed by atoms with Gasteiger partial charge in [-0.1, -0.05) is 50.1 Å². The van der Waals surface area contributed by atoms with Crippen molar-refractivity contribution in [3.63, 3.8) is 0 Å². The Morgan fingerprint density at radius 3 is 2.24 bits per heavy atom. The van der Waals surface area contributed by atoms with E-state index in [1.165, 1.54) is 32.1 Å². The number of benzene rings is 3. The van der Waals surface area contributed by atoms with Crippen LogP contribution in [0.2, 0.25) is 5.02 Å². The predicted molar refractivity (Wildman–Crippen MR) is 170 cm³/mol. The van der Waals surface area contributed by atoms with Crippen LogP contribution in [0.5, 0.6) is 5.75 Å². The van der Waals surface area contributed by atoms with Crippen LogP contribution in [-0.2, 0) is 0 Å². The summed E-state index contributed by atoms with van der Waals surface area (Å²) in [5, 5.41) is 12.7. The summed E-state index contributed by atoms with van der Waals surface area (Å²) in [4.78, 5) is 16.2. The van der Waals surface area contributed by atoms with Gasteiger partial charge < -0.3 is 15.8 Å². The molecule has 3 aliphatic rings. The van der Waals surface area contributed by atoms with E-state index in [1.807, 2.05) is 62.4 Å². The Kier molecular flexibility index (Phi) is 8.28. The normalized spacial score (nSPS) is 22.9. The molecule has 42 heavy (non-hydrogen) atoms. The number of hydrogen-bond donors (Lipinski definition) is 3. The highest BCUT2D eigenvalue weighted by molar-refractivity contribution is 6.31. The van der Waals surface area contributed by atoms with E-state index in [4.69, 9.17) is 27.5 Å². The standard InChI is InChI=1S/C35H41ClN4O2/c1-21(2)34(29-8-3-4-9-31(29)36)39-35(41)23-12-17-32(37)30(18-23)33(38)22-10-15-27(16-11-22)42-28-19-25-13-14-26(20-28)40(25)24-6-5-7-24/h3-4,8-12,15-18,21,24-26,28,34,38H,5-7,13-14,19-20,37H2,1-2H3,(H,39,41). The third-order valence-electron chi connectivity index (χ3n) is 9.47. The molecule has 3 fully saturated rings. The maximum Gasteiger partial charge on any atom is 0.251 e. The summed E-state index contributed by atoms with van der Waals surface area (Å²) >= 11 is 6.45. The monoisotopic (exact) mass is 584 g/mol. The van der Waals surface area contributed by atoms with Crippen LogP contribution < -0.4 is 15.8 Å². The number of piperidine rings is 1. The molecular formula is C35H41ClN4O2. The van der Waals surface area contributed by atoms with Gasteiger partial charge in [0.2, 0.25) is 0 Å². The van der Waals surface area contributed by atoms with E-state index in [2.05, 4.69) is 10.2 Å². The molecule has 7 heteroatoms. The molecule has 6 nitrogen and oxygen atoms in total. The number of fused-ring (bicyclic) bond motifs is 2. The van der Waals surface area contributed by atoms with Gasteiger partial charge in [-0.3, -0.25) is 15.1 Å². The molecule has 1 amide bonds. The smallest absolute Gasteiger partial charge is 0.251 e. The number of ether oxygens (including phenoxy) is 1. The van der Waals surface area contributed by atoms with Crippen LogP contribution in [0, 0.1) is 11.3 Å². The summed E-state index contributed by atoms with van der Waals surface area (Å²) < 4.78 is 6.45. The van der Waals surface area contributed by atoms with Crippen LogP contribution in [0.3, 0.4) is 0 Å². The molecule has 220 valence electrons. The van der Waals surface area contributed by atoms with Crippen molar-refractivity contribution in [2.75, 3.05) is 5.73 Å². The molecule has 3 aromatic carbocycles. The third kappa shape index (κ3) is 5.80. The second kappa shape index (κ2) is 12.1. The van der Waals surface area contributed by atoms with Gasteiger partial charge in [-0.05, 0) is 98.5 Å². The molecule has 3 atom stereocenters. The Bertz CT molecular complexity index is 1440. The average Bonchev–Trinajstić information content (AvgIpc) is 3.19. The summed E-state index contributed by atoms with van der Waals surface area (Å²) in [5.74, 6) is 0.740. The number of nitrogens with zero attached hydrogens (tertiary/aromatic N) is 1. The van der Waals surface area contributed by atoms with Crippen molar-refractivity contribution < 1.29 is 9.53 Å². The molecule has 6 rings (SSSR count). The lowest BCUT2D eigenvalue weighted by molar-refractivity contribution is -0.00226. The lowest BCUT2D eigenvalue weighted by Crippen LogP contribution is -2.53. The summed E-state index contributed by atoms with van der Waals surface area (Å²) in [6.45, 7) is 4.10. The first-order chi connectivity index (χ1) is 20.3. The molecule has 2 saturated heterocycles. The molecule has 3 unspecified atom stereocenters. The quantitative estimate of drug-likeness (QED) is 0.181. The number of nitrogen functional groups attached to an aromatic ring is 1. The van der Waals surface area contributed by atoms with E-state index in [0.717, 1.165) is 35.8 Å². The number of amides is 1. The molecule has 2 heterocycles. The van der Waals surface area contributed by atoms with Crippen molar-refractivity contribution in [3.05, 3.63) is 94.0 Å². The SMILES string of the molecule is CC(C)C(NC(=O)c1ccc(N)c(C(=N)c2ccc(OC3CC4CCC(C3)N4C3CCC3)cc2)c1)c1ccccc1Cl. The van der Waals surface area contributed by atoms with E-state index in [-0.39, 0.29) is 29.7 Å². The minimum absolute atomic E-state index is 0.131. The lowest BCUT2D eigenvalue weighted by Gasteiger charge is -2.46. The molecule has 0 radical (unpaired) electrons. The highest BCUT2D eigenvalue weighted by Crippen LogP contribution is 2.42. The van der Waals surface area contributed by atoms with Crippen LogP contribution in [0.4, 0.5) is 5.69 Å². The first kappa shape index (κ1) is 28.8. The number of nitrogens with two attached hydrogens (primary N) is 1. The van der Waals surface area contributed by atoms with Gasteiger partial charge >= 0.3 is 0 Å². The fraction of sp³-hybridized carbons (Fsp3) is 0.429. The maximum atomic E-state index is 13.3. The Labute approximate surface area is 254 Å². The summed E-state index contributed by atoms with van der Waals surface area (Å²) in [5.41, 5.74) is 9.60. The first-order valence-electron chi connectivity index (χ1n) is 15.4. The van der Waals surface area contributed by atoms with Gasteiger partial charge in [-0.15, -0.1) is 0 Å². The molecule has 3 aromatic rings. The van der Waals surface area contributed by atoms with Crippen LogP contribution >= 0.6 is 11.6 Å². The molecule has 2 bridgehead atoms. The van der Waals surface area contributed by atoms with Gasteiger partial charge in [0.05, 0.1) is 11.8 Å². The molecule has 4 N–H and O–H groups in total. The van der Waals surface area contributed by atoms with Crippen molar-refractivity contribution in [2.45, 2.75) is 89.1 Å². The Balaban J connectivity index is 1.12. The topological polar surface area (TPSA) is 91.4 Å². The van der Waals surface area contributed by atoms with Crippen molar-refractivity contribution >= 4 is 28.9 Å². The van der Waals surface area contributed by atoms with E-state index in [0.29, 0.717) is 33.9 Å². The van der Waals surface area contributed by atoms with Crippen LogP contribution in [0.15, 0.2) is 66.7 Å². The second-order valence-electron chi connectivity index (χ2n) is 12.5. The zero-order valence-corrected chi connectivity index (χ0v) is 25.2. The fourth-order valence-corrected chi connectivity index (χ4v) is 7.31. The highest BCUT2D eigenvalue weighted by atomic mass is 35.5. The molecule has 1 aliphatic carbocycles. The summed E-state index contributed by atoms with van der Waals surface area (Å²) in [6.07, 6.45) is 9.16. The molecule has 0 spiro atoms. The zero-order valence-electron chi connectivity index (χ0n) is 24.5. The number of halogens is 1. The Morgan fingerprint density at radius 2 is 1.62 bits per heavy atom. The molecular weight excluding hydrogens is 544 g/mol.